The van der Waals surface area contributed by atoms with Gasteiger partial charge in [-0.25, -0.2) is 4.98 Å². The molecule has 0 aliphatic carbocycles. The molecule has 0 spiro atoms. The summed E-state index contributed by atoms with van der Waals surface area (Å²) in [6, 6.07) is 3.47. The summed E-state index contributed by atoms with van der Waals surface area (Å²) >= 11 is 7.81. The zero-order valence-corrected chi connectivity index (χ0v) is 10.4. The number of carbonyl (C=O) groups is 1. The quantitative estimate of drug-likeness (QED) is 0.723. The minimum Gasteiger partial charge on any atom is -0.338 e. The fourth-order valence-corrected chi connectivity index (χ4v) is 2.75. The highest BCUT2D eigenvalue weighted by Crippen LogP contribution is 2.17. The average Bonchev–Trinajstić information content (AvgIpc) is 2.57. The standard InChI is InChI=1S/C11H13ClN2OS/c12-10-9(3-1-4-13-10)11(15)14-5-2-7-16-8-6-14/h1,3-4H,2,5-8H2. The third kappa shape index (κ3) is 2.68. The molecule has 1 aliphatic heterocycles. The first kappa shape index (κ1) is 11.7. The Bertz CT molecular complexity index is 378. The van der Waals surface area contributed by atoms with Crippen molar-refractivity contribution in [1.82, 2.24) is 9.88 Å². The van der Waals surface area contributed by atoms with Crippen LogP contribution in [0.15, 0.2) is 18.3 Å². The lowest BCUT2D eigenvalue weighted by Gasteiger charge is -2.20. The minimum atomic E-state index is 0.000556. The predicted octanol–water partition coefficient (Wildman–Crippen LogP) is 2.31. The molecule has 1 aliphatic rings. The van der Waals surface area contributed by atoms with E-state index in [0.717, 1.165) is 31.0 Å². The van der Waals surface area contributed by atoms with Gasteiger partial charge in [-0.15, -0.1) is 0 Å². The van der Waals surface area contributed by atoms with Gasteiger partial charge in [0, 0.05) is 25.0 Å². The third-order valence-corrected chi connectivity index (χ3v) is 3.85. The van der Waals surface area contributed by atoms with Crippen molar-refractivity contribution in [2.24, 2.45) is 0 Å². The molecule has 0 aromatic carbocycles. The molecule has 1 aromatic heterocycles. The van der Waals surface area contributed by atoms with Crippen LogP contribution in [0.5, 0.6) is 0 Å². The number of aromatic nitrogens is 1. The van der Waals surface area contributed by atoms with Gasteiger partial charge in [0.15, 0.2) is 0 Å². The molecule has 0 atom stereocenters. The van der Waals surface area contributed by atoms with Crippen LogP contribution in [0.3, 0.4) is 0 Å². The van der Waals surface area contributed by atoms with E-state index < -0.39 is 0 Å². The highest BCUT2D eigenvalue weighted by atomic mass is 35.5. The molecule has 86 valence electrons. The monoisotopic (exact) mass is 256 g/mol. The molecule has 0 saturated carbocycles. The summed E-state index contributed by atoms with van der Waals surface area (Å²) in [5.41, 5.74) is 0.510. The lowest BCUT2D eigenvalue weighted by molar-refractivity contribution is 0.0768. The molecule has 16 heavy (non-hydrogen) atoms. The van der Waals surface area contributed by atoms with Crippen LogP contribution in [0.2, 0.25) is 5.15 Å². The Labute approximate surface area is 104 Å². The Hall–Kier alpha value is -0.740. The molecular formula is C11H13ClN2OS. The number of amides is 1. The van der Waals surface area contributed by atoms with Gasteiger partial charge in [-0.1, -0.05) is 11.6 Å². The largest absolute Gasteiger partial charge is 0.338 e. The first-order valence-electron chi connectivity index (χ1n) is 5.26. The molecule has 1 amide bonds. The van der Waals surface area contributed by atoms with Crippen molar-refractivity contribution in [2.45, 2.75) is 6.42 Å². The van der Waals surface area contributed by atoms with Gasteiger partial charge in [-0.3, -0.25) is 4.79 Å². The first-order chi connectivity index (χ1) is 7.79. The van der Waals surface area contributed by atoms with E-state index in [1.165, 1.54) is 0 Å². The van der Waals surface area contributed by atoms with E-state index >= 15 is 0 Å². The van der Waals surface area contributed by atoms with Crippen LogP contribution < -0.4 is 0 Å². The Morgan fingerprint density at radius 3 is 3.12 bits per heavy atom. The summed E-state index contributed by atoms with van der Waals surface area (Å²) in [4.78, 5) is 18.0. The number of carbonyl (C=O) groups excluding carboxylic acids is 1. The molecule has 1 fully saturated rings. The normalized spacial score (nSPS) is 16.9. The summed E-state index contributed by atoms with van der Waals surface area (Å²) in [5.74, 6) is 2.13. The number of pyridine rings is 1. The second-order valence-corrected chi connectivity index (χ2v) is 5.18. The number of thioether (sulfide) groups is 1. The van der Waals surface area contributed by atoms with Crippen molar-refractivity contribution in [3.63, 3.8) is 0 Å². The van der Waals surface area contributed by atoms with E-state index in [9.17, 15) is 4.79 Å². The van der Waals surface area contributed by atoms with Crippen molar-refractivity contribution in [1.29, 1.82) is 0 Å². The highest BCUT2D eigenvalue weighted by Gasteiger charge is 2.19. The lowest BCUT2D eigenvalue weighted by Crippen LogP contribution is -2.33. The summed E-state index contributed by atoms with van der Waals surface area (Å²) in [6.07, 6.45) is 2.64. The van der Waals surface area contributed by atoms with E-state index in [-0.39, 0.29) is 5.91 Å². The first-order valence-corrected chi connectivity index (χ1v) is 6.80. The van der Waals surface area contributed by atoms with Crippen LogP contribution >= 0.6 is 23.4 Å². The average molecular weight is 257 g/mol. The highest BCUT2D eigenvalue weighted by molar-refractivity contribution is 7.99. The molecule has 0 radical (unpaired) electrons. The molecule has 2 rings (SSSR count). The van der Waals surface area contributed by atoms with Crippen molar-refractivity contribution >= 4 is 29.3 Å². The molecule has 5 heteroatoms. The van der Waals surface area contributed by atoms with Gasteiger partial charge in [0.1, 0.15) is 5.15 Å². The minimum absolute atomic E-state index is 0.000556. The second-order valence-electron chi connectivity index (χ2n) is 3.60. The van der Waals surface area contributed by atoms with Crippen LogP contribution in [-0.4, -0.2) is 40.4 Å². The van der Waals surface area contributed by atoms with E-state index in [0.29, 0.717) is 10.7 Å². The SMILES string of the molecule is O=C(c1cccnc1Cl)N1CCCSCC1. The van der Waals surface area contributed by atoms with Crippen LogP contribution in [0.25, 0.3) is 0 Å². The van der Waals surface area contributed by atoms with E-state index in [2.05, 4.69) is 4.98 Å². The maximum absolute atomic E-state index is 12.2. The number of hydrogen-bond acceptors (Lipinski definition) is 3. The molecule has 0 N–H and O–H groups in total. The molecule has 1 saturated heterocycles. The van der Waals surface area contributed by atoms with Crippen LogP contribution in [0.1, 0.15) is 16.8 Å². The molecule has 3 nitrogen and oxygen atoms in total. The topological polar surface area (TPSA) is 33.2 Å². The zero-order valence-electron chi connectivity index (χ0n) is 8.86. The zero-order chi connectivity index (χ0) is 11.4. The van der Waals surface area contributed by atoms with Gasteiger partial charge in [-0.05, 0) is 24.3 Å². The van der Waals surface area contributed by atoms with Crippen molar-refractivity contribution in [2.75, 3.05) is 24.6 Å². The number of nitrogens with zero attached hydrogens (tertiary/aromatic N) is 2. The Balaban J connectivity index is 2.14. The van der Waals surface area contributed by atoms with Gasteiger partial charge in [0.2, 0.25) is 0 Å². The maximum Gasteiger partial charge on any atom is 0.257 e. The van der Waals surface area contributed by atoms with Crippen LogP contribution in [-0.2, 0) is 0 Å². The Morgan fingerprint density at radius 1 is 1.44 bits per heavy atom. The van der Waals surface area contributed by atoms with Crippen molar-refractivity contribution in [3.05, 3.63) is 29.0 Å². The maximum atomic E-state index is 12.2. The van der Waals surface area contributed by atoms with Gasteiger partial charge >= 0.3 is 0 Å². The molecule has 2 heterocycles. The summed E-state index contributed by atoms with van der Waals surface area (Å²) in [6.45, 7) is 1.62. The number of halogens is 1. The fraction of sp³-hybridized carbons (Fsp3) is 0.455. The van der Waals surface area contributed by atoms with Gasteiger partial charge < -0.3 is 4.90 Å². The van der Waals surface area contributed by atoms with E-state index in [1.54, 1.807) is 18.3 Å². The molecule has 0 bridgehead atoms. The van der Waals surface area contributed by atoms with E-state index in [4.69, 9.17) is 11.6 Å². The number of rotatable bonds is 1. The predicted molar refractivity (Wildman–Crippen MR) is 67.1 cm³/mol. The van der Waals surface area contributed by atoms with E-state index in [1.807, 2.05) is 16.7 Å². The fourth-order valence-electron chi connectivity index (χ4n) is 1.67. The van der Waals surface area contributed by atoms with Crippen molar-refractivity contribution < 1.29 is 4.79 Å². The molecular weight excluding hydrogens is 244 g/mol. The summed E-state index contributed by atoms with van der Waals surface area (Å²) in [5, 5.41) is 0.296. The van der Waals surface area contributed by atoms with Gasteiger partial charge in [-0.2, -0.15) is 11.8 Å². The summed E-state index contributed by atoms with van der Waals surface area (Å²) < 4.78 is 0. The Morgan fingerprint density at radius 2 is 2.31 bits per heavy atom. The van der Waals surface area contributed by atoms with Crippen LogP contribution in [0, 0.1) is 0 Å². The third-order valence-electron chi connectivity index (χ3n) is 2.50. The molecule has 1 aromatic rings. The Kier molecular flexibility index (Phi) is 4.07. The second kappa shape index (κ2) is 5.55. The van der Waals surface area contributed by atoms with Crippen molar-refractivity contribution in [3.8, 4) is 0 Å². The van der Waals surface area contributed by atoms with Gasteiger partial charge in [0.25, 0.3) is 5.91 Å². The molecule has 0 unspecified atom stereocenters. The smallest absolute Gasteiger partial charge is 0.257 e. The summed E-state index contributed by atoms with van der Waals surface area (Å²) in [7, 11) is 0. The lowest BCUT2D eigenvalue weighted by atomic mass is 10.2. The number of hydrogen-bond donors (Lipinski definition) is 0. The van der Waals surface area contributed by atoms with Crippen LogP contribution in [0.4, 0.5) is 0 Å². The van der Waals surface area contributed by atoms with Gasteiger partial charge in [0.05, 0.1) is 5.56 Å².